The Morgan fingerprint density at radius 1 is 1.27 bits per heavy atom. The molecule has 0 fully saturated rings. The van der Waals surface area contributed by atoms with E-state index in [1.54, 1.807) is 4.90 Å². The minimum Gasteiger partial charge on any atom is -0.487 e. The summed E-state index contributed by atoms with van der Waals surface area (Å²) in [6.07, 6.45) is -0.0160. The fourth-order valence-electron chi connectivity index (χ4n) is 2.61. The zero-order chi connectivity index (χ0) is 15.5. The average molecular weight is 296 g/mol. The van der Waals surface area contributed by atoms with Crippen LogP contribution in [0.15, 0.2) is 48.5 Å². The number of carbonyl (C=O) groups is 1. The molecule has 0 saturated carbocycles. The quantitative estimate of drug-likeness (QED) is 0.921. The summed E-state index contributed by atoms with van der Waals surface area (Å²) < 4.78 is 5.81. The second-order valence-corrected chi connectivity index (χ2v) is 5.65. The average Bonchev–Trinajstić information content (AvgIpc) is 2.53. The van der Waals surface area contributed by atoms with Crippen molar-refractivity contribution in [1.82, 2.24) is 5.32 Å². The van der Waals surface area contributed by atoms with Gasteiger partial charge in [0.25, 0.3) is 0 Å². The molecule has 0 aliphatic carbocycles. The van der Waals surface area contributed by atoms with Crippen molar-refractivity contribution in [3.05, 3.63) is 59.7 Å². The first-order chi connectivity index (χ1) is 10.6. The number of urea groups is 1. The Labute approximate surface area is 130 Å². The summed E-state index contributed by atoms with van der Waals surface area (Å²) >= 11 is 0. The molecule has 0 radical (unpaired) electrons. The monoisotopic (exact) mass is 296 g/mol. The molecule has 2 aromatic carbocycles. The maximum absolute atomic E-state index is 12.6. The highest BCUT2D eigenvalue weighted by molar-refractivity contribution is 5.94. The molecule has 0 unspecified atom stereocenters. The summed E-state index contributed by atoms with van der Waals surface area (Å²) in [6, 6.07) is 15.7. The number of benzene rings is 2. The van der Waals surface area contributed by atoms with E-state index in [1.807, 2.05) is 62.4 Å². The van der Waals surface area contributed by atoms with E-state index < -0.39 is 0 Å². The Hall–Kier alpha value is -2.49. The lowest BCUT2D eigenvalue weighted by Crippen LogP contribution is -2.47. The molecular formula is C18H20N2O2. The molecule has 1 atom stereocenters. The van der Waals surface area contributed by atoms with Crippen LogP contribution >= 0.6 is 0 Å². The summed E-state index contributed by atoms with van der Waals surface area (Å²) in [4.78, 5) is 14.3. The van der Waals surface area contributed by atoms with Crippen molar-refractivity contribution in [1.29, 1.82) is 0 Å². The van der Waals surface area contributed by atoms with Crippen molar-refractivity contribution in [2.24, 2.45) is 0 Å². The summed E-state index contributed by atoms with van der Waals surface area (Å²) in [6.45, 7) is 5.06. The molecule has 0 saturated heterocycles. The fourth-order valence-corrected chi connectivity index (χ4v) is 2.61. The normalized spacial score (nSPS) is 16.6. The first-order valence-electron chi connectivity index (χ1n) is 7.50. The fraction of sp³-hybridized carbons (Fsp3) is 0.278. The molecular weight excluding hydrogens is 276 g/mol. The number of nitrogens with one attached hydrogen (secondary N) is 1. The number of aryl methyl sites for hydroxylation is 1. The van der Waals surface area contributed by atoms with Gasteiger partial charge in [-0.15, -0.1) is 0 Å². The number of hydrogen-bond donors (Lipinski definition) is 1. The van der Waals surface area contributed by atoms with Gasteiger partial charge < -0.3 is 10.1 Å². The lowest BCUT2D eigenvalue weighted by molar-refractivity contribution is 0.205. The van der Waals surface area contributed by atoms with Gasteiger partial charge in [0.1, 0.15) is 11.9 Å². The van der Waals surface area contributed by atoms with Crippen LogP contribution in [-0.4, -0.2) is 18.7 Å². The van der Waals surface area contributed by atoms with Crippen molar-refractivity contribution < 1.29 is 9.53 Å². The van der Waals surface area contributed by atoms with Crippen LogP contribution in [0, 0.1) is 6.92 Å². The topological polar surface area (TPSA) is 41.6 Å². The Bertz CT molecular complexity index is 670. The molecule has 2 aromatic rings. The zero-order valence-corrected chi connectivity index (χ0v) is 12.9. The molecule has 114 valence electrons. The Kier molecular flexibility index (Phi) is 4.00. The van der Waals surface area contributed by atoms with E-state index in [0.717, 1.165) is 22.6 Å². The van der Waals surface area contributed by atoms with Gasteiger partial charge in [0.2, 0.25) is 0 Å². The highest BCUT2D eigenvalue weighted by Crippen LogP contribution is 2.34. The molecule has 4 heteroatoms. The van der Waals surface area contributed by atoms with Gasteiger partial charge >= 0.3 is 6.03 Å². The summed E-state index contributed by atoms with van der Waals surface area (Å²) in [5, 5.41) is 2.98. The van der Waals surface area contributed by atoms with Crippen molar-refractivity contribution in [3.8, 4) is 5.75 Å². The molecule has 1 aliphatic rings. The van der Waals surface area contributed by atoms with Crippen LogP contribution in [0.2, 0.25) is 0 Å². The van der Waals surface area contributed by atoms with E-state index in [2.05, 4.69) is 5.32 Å². The Balaban J connectivity index is 1.76. The number of carbonyl (C=O) groups excluding carboxylic acids is 1. The molecule has 1 aliphatic heterocycles. The van der Waals surface area contributed by atoms with Crippen LogP contribution in [0.1, 0.15) is 18.1 Å². The number of ether oxygens (including phenoxy) is 1. The SMILES string of the molecule is Cc1ccc2c(c1)N(C(=O)NCc1ccccc1)C[C@H](C)O2. The van der Waals surface area contributed by atoms with E-state index in [4.69, 9.17) is 4.74 Å². The van der Waals surface area contributed by atoms with Gasteiger partial charge in [-0.05, 0) is 37.1 Å². The lowest BCUT2D eigenvalue weighted by Gasteiger charge is -2.33. The van der Waals surface area contributed by atoms with E-state index in [9.17, 15) is 4.79 Å². The number of rotatable bonds is 2. The van der Waals surface area contributed by atoms with Gasteiger partial charge in [0, 0.05) is 6.54 Å². The third-order valence-corrected chi connectivity index (χ3v) is 3.70. The number of anilines is 1. The summed E-state index contributed by atoms with van der Waals surface area (Å²) in [7, 11) is 0. The standard InChI is InChI=1S/C18H20N2O2/c1-13-8-9-17-16(10-13)20(12-14(2)22-17)18(21)19-11-15-6-4-3-5-7-15/h3-10,14H,11-12H2,1-2H3,(H,19,21)/t14-/m0/s1. The van der Waals surface area contributed by atoms with E-state index in [-0.39, 0.29) is 12.1 Å². The van der Waals surface area contributed by atoms with Crippen LogP contribution < -0.4 is 15.0 Å². The van der Waals surface area contributed by atoms with Crippen molar-refractivity contribution in [2.75, 3.05) is 11.4 Å². The maximum atomic E-state index is 12.6. The minimum absolute atomic E-state index is 0.0160. The number of nitrogens with zero attached hydrogens (tertiary/aromatic N) is 1. The first-order valence-corrected chi connectivity index (χ1v) is 7.50. The van der Waals surface area contributed by atoms with Crippen LogP contribution in [0.5, 0.6) is 5.75 Å². The predicted molar refractivity (Wildman–Crippen MR) is 87.3 cm³/mol. The van der Waals surface area contributed by atoms with Gasteiger partial charge in [-0.3, -0.25) is 4.90 Å². The first kappa shape index (κ1) is 14.4. The molecule has 1 heterocycles. The number of hydrogen-bond acceptors (Lipinski definition) is 2. The number of fused-ring (bicyclic) bond motifs is 1. The Morgan fingerprint density at radius 3 is 2.82 bits per heavy atom. The van der Waals surface area contributed by atoms with E-state index in [0.29, 0.717) is 13.1 Å². The van der Waals surface area contributed by atoms with Crippen molar-refractivity contribution in [2.45, 2.75) is 26.5 Å². The van der Waals surface area contributed by atoms with Gasteiger partial charge in [0.05, 0.1) is 12.2 Å². The van der Waals surface area contributed by atoms with Crippen LogP contribution in [0.3, 0.4) is 0 Å². The third kappa shape index (κ3) is 3.06. The molecule has 2 amide bonds. The molecule has 22 heavy (non-hydrogen) atoms. The predicted octanol–water partition coefficient (Wildman–Crippen LogP) is 3.49. The van der Waals surface area contributed by atoms with Gasteiger partial charge in [-0.1, -0.05) is 36.4 Å². The van der Waals surface area contributed by atoms with Crippen LogP contribution in [0.25, 0.3) is 0 Å². The lowest BCUT2D eigenvalue weighted by atomic mass is 10.1. The van der Waals surface area contributed by atoms with Gasteiger partial charge in [-0.25, -0.2) is 4.79 Å². The van der Waals surface area contributed by atoms with Crippen molar-refractivity contribution in [3.63, 3.8) is 0 Å². The van der Waals surface area contributed by atoms with Gasteiger partial charge in [-0.2, -0.15) is 0 Å². The largest absolute Gasteiger partial charge is 0.487 e. The third-order valence-electron chi connectivity index (χ3n) is 3.70. The zero-order valence-electron chi connectivity index (χ0n) is 12.9. The maximum Gasteiger partial charge on any atom is 0.322 e. The second-order valence-electron chi connectivity index (χ2n) is 5.65. The van der Waals surface area contributed by atoms with Crippen LogP contribution in [-0.2, 0) is 6.54 Å². The van der Waals surface area contributed by atoms with Crippen molar-refractivity contribution >= 4 is 11.7 Å². The highest BCUT2D eigenvalue weighted by atomic mass is 16.5. The smallest absolute Gasteiger partial charge is 0.322 e. The summed E-state index contributed by atoms with van der Waals surface area (Å²) in [5.74, 6) is 0.763. The molecule has 4 nitrogen and oxygen atoms in total. The van der Waals surface area contributed by atoms with E-state index in [1.165, 1.54) is 0 Å². The molecule has 0 spiro atoms. The molecule has 3 rings (SSSR count). The molecule has 1 N–H and O–H groups in total. The molecule has 0 bridgehead atoms. The second kappa shape index (κ2) is 6.10. The van der Waals surface area contributed by atoms with Gasteiger partial charge in [0.15, 0.2) is 0 Å². The van der Waals surface area contributed by atoms with Crippen LogP contribution in [0.4, 0.5) is 10.5 Å². The van der Waals surface area contributed by atoms with E-state index >= 15 is 0 Å². The summed E-state index contributed by atoms with van der Waals surface area (Å²) in [5.41, 5.74) is 3.03. The Morgan fingerprint density at radius 2 is 2.05 bits per heavy atom. The molecule has 0 aromatic heterocycles. The highest BCUT2D eigenvalue weighted by Gasteiger charge is 2.27. The number of amides is 2. The minimum atomic E-state index is -0.0918.